The Labute approximate surface area is 88.1 Å². The Morgan fingerprint density at radius 2 is 2.27 bits per heavy atom. The lowest BCUT2D eigenvalue weighted by Gasteiger charge is -2.19. The largest absolute Gasteiger partial charge is 0.394 e. The summed E-state index contributed by atoms with van der Waals surface area (Å²) in [4.78, 5) is 11.1. The first-order valence-corrected chi connectivity index (χ1v) is 5.00. The zero-order valence-corrected chi connectivity index (χ0v) is 8.36. The molecular formula is C11H14N2O2. The van der Waals surface area contributed by atoms with Crippen LogP contribution in [0.2, 0.25) is 0 Å². The Kier molecular flexibility index (Phi) is 2.70. The highest BCUT2D eigenvalue weighted by Gasteiger charge is 2.15. The van der Waals surface area contributed by atoms with Gasteiger partial charge < -0.3 is 16.2 Å². The van der Waals surface area contributed by atoms with Crippen molar-refractivity contribution >= 4 is 11.6 Å². The molecule has 1 unspecified atom stereocenters. The van der Waals surface area contributed by atoms with E-state index in [1.54, 1.807) is 0 Å². The van der Waals surface area contributed by atoms with E-state index in [0.717, 1.165) is 23.2 Å². The number of nitrogens with two attached hydrogens (primary N) is 1. The van der Waals surface area contributed by atoms with Gasteiger partial charge in [-0.05, 0) is 23.6 Å². The van der Waals surface area contributed by atoms with Gasteiger partial charge in [-0.2, -0.15) is 0 Å². The van der Waals surface area contributed by atoms with Gasteiger partial charge in [0, 0.05) is 12.1 Å². The second-order valence-corrected chi connectivity index (χ2v) is 3.75. The van der Waals surface area contributed by atoms with Crippen molar-refractivity contribution in [3.05, 3.63) is 29.3 Å². The van der Waals surface area contributed by atoms with Gasteiger partial charge in [-0.1, -0.05) is 12.1 Å². The minimum atomic E-state index is -0.340. The molecule has 0 saturated carbocycles. The summed E-state index contributed by atoms with van der Waals surface area (Å²) in [6, 6.07) is 5.30. The van der Waals surface area contributed by atoms with E-state index in [9.17, 15) is 4.79 Å². The molecule has 1 amide bonds. The van der Waals surface area contributed by atoms with Crippen LogP contribution in [0.4, 0.5) is 5.69 Å². The van der Waals surface area contributed by atoms with Gasteiger partial charge in [0.1, 0.15) is 0 Å². The SMILES string of the molecule is NC(CO)c1ccc2c(c1)CCC(=O)N2. The zero-order valence-electron chi connectivity index (χ0n) is 8.36. The monoisotopic (exact) mass is 206 g/mol. The minimum absolute atomic E-state index is 0.0571. The van der Waals surface area contributed by atoms with Gasteiger partial charge in [-0.25, -0.2) is 0 Å². The molecule has 0 spiro atoms. The quantitative estimate of drug-likeness (QED) is 0.662. The van der Waals surface area contributed by atoms with Crippen LogP contribution in [0.5, 0.6) is 0 Å². The Balaban J connectivity index is 2.30. The molecule has 0 aromatic heterocycles. The molecule has 4 heteroatoms. The zero-order chi connectivity index (χ0) is 10.8. The first kappa shape index (κ1) is 10.1. The summed E-state index contributed by atoms with van der Waals surface area (Å²) in [5.41, 5.74) is 8.58. The summed E-state index contributed by atoms with van der Waals surface area (Å²) in [7, 11) is 0. The summed E-state index contributed by atoms with van der Waals surface area (Å²) < 4.78 is 0. The van der Waals surface area contributed by atoms with E-state index in [2.05, 4.69) is 5.32 Å². The standard InChI is InChI=1S/C11H14N2O2/c12-9(6-14)7-1-3-10-8(5-7)2-4-11(15)13-10/h1,3,5,9,14H,2,4,6,12H2,(H,13,15). The predicted molar refractivity (Wildman–Crippen MR) is 57.4 cm³/mol. The average Bonchev–Trinajstić information content (AvgIpc) is 2.27. The van der Waals surface area contributed by atoms with Crippen LogP contribution in [-0.2, 0) is 11.2 Å². The predicted octanol–water partition coefficient (Wildman–Crippen LogP) is 0.563. The fraction of sp³-hybridized carbons (Fsp3) is 0.364. The van der Waals surface area contributed by atoms with Crippen molar-refractivity contribution in [2.24, 2.45) is 5.73 Å². The first-order chi connectivity index (χ1) is 7.20. The van der Waals surface area contributed by atoms with Crippen LogP contribution >= 0.6 is 0 Å². The smallest absolute Gasteiger partial charge is 0.224 e. The molecule has 0 saturated heterocycles. The molecule has 0 radical (unpaired) electrons. The number of benzene rings is 1. The highest BCUT2D eigenvalue weighted by molar-refractivity contribution is 5.93. The van der Waals surface area contributed by atoms with Gasteiger partial charge in [0.05, 0.1) is 12.6 Å². The molecule has 2 rings (SSSR count). The third-order valence-corrected chi connectivity index (χ3v) is 2.65. The number of fused-ring (bicyclic) bond motifs is 1. The van der Waals surface area contributed by atoms with Crippen molar-refractivity contribution < 1.29 is 9.90 Å². The Bertz CT molecular complexity index is 390. The normalized spacial score (nSPS) is 16.8. The lowest BCUT2D eigenvalue weighted by Crippen LogP contribution is -2.20. The highest BCUT2D eigenvalue weighted by atomic mass is 16.3. The molecule has 1 heterocycles. The number of anilines is 1. The first-order valence-electron chi connectivity index (χ1n) is 5.00. The third kappa shape index (κ3) is 2.00. The molecule has 1 aliphatic heterocycles. The molecule has 4 nitrogen and oxygen atoms in total. The van der Waals surface area contributed by atoms with Crippen LogP contribution in [0.25, 0.3) is 0 Å². The molecule has 80 valence electrons. The molecule has 1 aromatic carbocycles. The fourth-order valence-electron chi connectivity index (χ4n) is 1.74. The van der Waals surface area contributed by atoms with Crippen molar-refractivity contribution in [1.82, 2.24) is 0 Å². The van der Waals surface area contributed by atoms with E-state index in [1.807, 2.05) is 18.2 Å². The summed E-state index contributed by atoms with van der Waals surface area (Å²) in [5.74, 6) is 0.0571. The van der Waals surface area contributed by atoms with Gasteiger partial charge in [-0.15, -0.1) is 0 Å². The highest BCUT2D eigenvalue weighted by Crippen LogP contribution is 2.25. The second kappa shape index (κ2) is 4.00. The Hall–Kier alpha value is -1.39. The summed E-state index contributed by atoms with van der Waals surface area (Å²) >= 11 is 0. The number of rotatable bonds is 2. The minimum Gasteiger partial charge on any atom is -0.394 e. The van der Waals surface area contributed by atoms with Crippen LogP contribution in [0, 0.1) is 0 Å². The lowest BCUT2D eigenvalue weighted by molar-refractivity contribution is -0.116. The van der Waals surface area contributed by atoms with Crippen LogP contribution in [0.3, 0.4) is 0 Å². The molecular weight excluding hydrogens is 192 g/mol. The number of hydrogen-bond donors (Lipinski definition) is 3. The second-order valence-electron chi connectivity index (χ2n) is 3.75. The van der Waals surface area contributed by atoms with Crippen molar-refractivity contribution in [2.75, 3.05) is 11.9 Å². The van der Waals surface area contributed by atoms with Crippen LogP contribution in [0.1, 0.15) is 23.6 Å². The number of amides is 1. The topological polar surface area (TPSA) is 75.3 Å². The number of aliphatic hydroxyl groups is 1. The van der Waals surface area contributed by atoms with Gasteiger partial charge in [0.2, 0.25) is 5.91 Å². The maximum absolute atomic E-state index is 11.1. The van der Waals surface area contributed by atoms with Gasteiger partial charge in [-0.3, -0.25) is 4.79 Å². The number of carbonyl (C=O) groups is 1. The molecule has 1 aromatic rings. The van der Waals surface area contributed by atoms with Crippen LogP contribution in [0.15, 0.2) is 18.2 Å². The summed E-state index contributed by atoms with van der Waals surface area (Å²) in [6.07, 6.45) is 1.26. The number of hydrogen-bond acceptors (Lipinski definition) is 3. The van der Waals surface area contributed by atoms with Gasteiger partial charge in [0.25, 0.3) is 0 Å². The molecule has 1 atom stereocenters. The van der Waals surface area contributed by atoms with Crippen LogP contribution in [-0.4, -0.2) is 17.6 Å². The fourth-order valence-corrected chi connectivity index (χ4v) is 1.74. The van der Waals surface area contributed by atoms with Crippen molar-refractivity contribution in [3.63, 3.8) is 0 Å². The van der Waals surface area contributed by atoms with Crippen LogP contribution < -0.4 is 11.1 Å². The molecule has 0 bridgehead atoms. The number of aliphatic hydroxyl groups excluding tert-OH is 1. The van der Waals surface area contributed by atoms with Crippen molar-refractivity contribution in [3.8, 4) is 0 Å². The summed E-state index contributed by atoms with van der Waals surface area (Å²) in [5, 5.41) is 11.7. The van der Waals surface area contributed by atoms with E-state index in [4.69, 9.17) is 10.8 Å². The molecule has 0 aliphatic carbocycles. The molecule has 15 heavy (non-hydrogen) atoms. The van der Waals surface area contributed by atoms with Gasteiger partial charge in [0.15, 0.2) is 0 Å². The molecule has 0 fully saturated rings. The van der Waals surface area contributed by atoms with E-state index < -0.39 is 0 Å². The maximum Gasteiger partial charge on any atom is 0.224 e. The Morgan fingerprint density at radius 1 is 1.47 bits per heavy atom. The number of aryl methyl sites for hydroxylation is 1. The van der Waals surface area contributed by atoms with E-state index >= 15 is 0 Å². The molecule has 1 aliphatic rings. The van der Waals surface area contributed by atoms with E-state index in [1.165, 1.54) is 0 Å². The average molecular weight is 206 g/mol. The number of nitrogens with one attached hydrogen (secondary N) is 1. The number of carbonyl (C=O) groups excluding carboxylic acids is 1. The lowest BCUT2D eigenvalue weighted by atomic mass is 9.98. The maximum atomic E-state index is 11.1. The Morgan fingerprint density at radius 3 is 3.00 bits per heavy atom. The van der Waals surface area contributed by atoms with E-state index in [-0.39, 0.29) is 18.6 Å². The van der Waals surface area contributed by atoms with Crippen molar-refractivity contribution in [1.29, 1.82) is 0 Å². The van der Waals surface area contributed by atoms with E-state index in [0.29, 0.717) is 6.42 Å². The molecule has 4 N–H and O–H groups in total. The third-order valence-electron chi connectivity index (χ3n) is 2.65. The summed E-state index contributed by atoms with van der Waals surface area (Å²) in [6.45, 7) is -0.0643. The van der Waals surface area contributed by atoms with Crippen molar-refractivity contribution in [2.45, 2.75) is 18.9 Å². The van der Waals surface area contributed by atoms with Gasteiger partial charge >= 0.3 is 0 Å².